The van der Waals surface area contributed by atoms with Crippen LogP contribution in [0.2, 0.25) is 0 Å². The number of fused-ring (bicyclic) bond motifs is 2. The first-order chi connectivity index (χ1) is 60.5. The number of hydrogen-bond acceptors (Lipinski definition) is 14. The molecule has 0 radical (unpaired) electrons. The van der Waals surface area contributed by atoms with E-state index in [2.05, 4.69) is 158 Å². The fourth-order valence-electron chi connectivity index (χ4n) is 19.3. The van der Waals surface area contributed by atoms with Crippen LogP contribution in [0.1, 0.15) is 183 Å². The molecule has 1 N–H and O–H groups in total. The molecule has 8 aromatic rings. The summed E-state index contributed by atoms with van der Waals surface area (Å²) in [5.41, 5.74) is 24.4. The number of rotatable bonds is 17. The molecule has 0 saturated carbocycles. The zero-order valence-electron chi connectivity index (χ0n) is 71.4. The van der Waals surface area contributed by atoms with Gasteiger partial charge in [-0.3, -0.25) is 53.0 Å². The van der Waals surface area contributed by atoms with Gasteiger partial charge >= 0.3 is 0 Å². The maximum absolute atomic E-state index is 13.0. The standard InChI is InChI=1S/2C25H29N3O2.C15H16ClNO2.C12H14ClNO.C12H13NO.C9H11N.C3H4Cl2O/c2*29-23(10-12-26-13-15-27(16-14-26)22-6-2-1-3-7-22)21-17-19-5-4-11-28-24(30)9-8-20(18-21)25(19)28;16-6-5-13(18)12-8-10-2-1-7-17-14(19)4-3-11(9-12)15(10)17;13-8-7-12(15)14-9-3-5-10-4-1-2-6-11(10)14;14-11-7-6-10-4-1-3-9-5-2-8-13(11)12(9)10;1-2-6-9-8(4-1)5-3-7-10-9;4-2-1-3(5)6/h2*1-3,6-7,17-18H,4-5,8-16H2;8-9H,1-7H2;1-2,4,6H,3,5,7-9H2;1,3-4H,2,5-8H2;1-2,4,6,10H,3,5,7H2;1-2H2. The summed E-state index contributed by atoms with van der Waals surface area (Å²) in [5.74, 6) is 2.77. The number of halogens is 4. The molecule has 0 unspecified atom stereocenters. The van der Waals surface area contributed by atoms with Crippen LogP contribution >= 0.6 is 46.4 Å². The van der Waals surface area contributed by atoms with Gasteiger partial charge in [-0.05, 0) is 243 Å². The van der Waals surface area contributed by atoms with Gasteiger partial charge in [0.05, 0.1) is 17.1 Å². The molecule has 5 amide bonds. The van der Waals surface area contributed by atoms with E-state index in [1.165, 1.54) is 80.1 Å². The molecule has 0 aliphatic carbocycles. The highest BCUT2D eigenvalue weighted by Crippen LogP contribution is 2.42. The van der Waals surface area contributed by atoms with Crippen LogP contribution < -0.4 is 39.6 Å². The predicted molar refractivity (Wildman–Crippen MR) is 501 cm³/mol. The number of alkyl halides is 3. The zero-order chi connectivity index (χ0) is 86.4. The van der Waals surface area contributed by atoms with E-state index in [9.17, 15) is 43.2 Å². The highest BCUT2D eigenvalue weighted by Gasteiger charge is 2.36. The van der Waals surface area contributed by atoms with Crippen LogP contribution in [0.15, 0.2) is 164 Å². The van der Waals surface area contributed by atoms with Crippen LogP contribution in [-0.2, 0) is 93.0 Å². The molecule has 652 valence electrons. The molecule has 0 bridgehead atoms. The van der Waals surface area contributed by atoms with Gasteiger partial charge in [-0.25, -0.2) is 0 Å². The second-order valence-electron chi connectivity index (χ2n) is 33.7. The summed E-state index contributed by atoms with van der Waals surface area (Å²) in [4.78, 5) is 127. The summed E-state index contributed by atoms with van der Waals surface area (Å²) >= 11 is 21.2. The largest absolute Gasteiger partial charge is 0.385 e. The van der Waals surface area contributed by atoms with Crippen molar-refractivity contribution in [2.45, 2.75) is 161 Å². The van der Waals surface area contributed by atoms with Gasteiger partial charge in [-0.15, -0.1) is 34.8 Å². The number of carbonyl (C=O) groups excluding carboxylic acids is 9. The first kappa shape index (κ1) is 90.5. The van der Waals surface area contributed by atoms with Crippen LogP contribution in [-0.4, -0.2) is 184 Å². The number of aryl methyl sites for hydroxylation is 10. The van der Waals surface area contributed by atoms with Crippen LogP contribution in [0.3, 0.4) is 0 Å². The molecule has 12 heterocycles. The van der Waals surface area contributed by atoms with Crippen LogP contribution in [0.25, 0.3) is 0 Å². The molecule has 0 atom stereocenters. The molecule has 2 saturated heterocycles. The normalized spacial score (nSPS) is 17.5. The average molecular weight is 1760 g/mol. The molecule has 8 aromatic carbocycles. The lowest BCUT2D eigenvalue weighted by Gasteiger charge is -2.36. The summed E-state index contributed by atoms with van der Waals surface area (Å²) in [7, 11) is 0. The number of amides is 5. The number of carbonyl (C=O) groups is 9. The van der Waals surface area contributed by atoms with E-state index in [4.69, 9.17) is 46.4 Å². The number of piperazine rings is 2. The Morgan fingerprint density at radius 1 is 0.306 bits per heavy atom. The van der Waals surface area contributed by atoms with Crippen LogP contribution in [0.5, 0.6) is 0 Å². The lowest BCUT2D eigenvalue weighted by molar-refractivity contribution is -0.119. The Kier molecular flexibility index (Phi) is 32.4. The monoisotopic (exact) mass is 1750 g/mol. The van der Waals surface area contributed by atoms with Crippen LogP contribution in [0.4, 0.5) is 45.5 Å². The van der Waals surface area contributed by atoms with Crippen molar-refractivity contribution in [3.05, 3.63) is 236 Å². The number of anilines is 8. The molecule has 19 nitrogen and oxygen atoms in total. The van der Waals surface area contributed by atoms with Gasteiger partial charge < -0.3 is 39.6 Å². The predicted octanol–water partition coefficient (Wildman–Crippen LogP) is 17.3. The molecule has 124 heavy (non-hydrogen) atoms. The smallest absolute Gasteiger partial charge is 0.228 e. The molecule has 12 aliphatic heterocycles. The zero-order valence-corrected chi connectivity index (χ0v) is 74.4. The van der Waals surface area contributed by atoms with Crippen molar-refractivity contribution >= 4 is 144 Å². The van der Waals surface area contributed by atoms with E-state index in [-0.39, 0.29) is 52.6 Å². The molecular weight excluding hydrogens is 1640 g/mol. The topological polar surface area (TPSA) is 195 Å². The van der Waals surface area contributed by atoms with Gasteiger partial charge in [-0.1, -0.05) is 91.0 Å². The lowest BCUT2D eigenvalue weighted by Crippen LogP contribution is -2.46. The van der Waals surface area contributed by atoms with Crippen molar-refractivity contribution in [1.29, 1.82) is 0 Å². The van der Waals surface area contributed by atoms with Crippen molar-refractivity contribution in [1.82, 2.24) is 9.80 Å². The van der Waals surface area contributed by atoms with Gasteiger partial charge in [0.1, 0.15) is 0 Å². The number of ketones is 3. The molecule has 12 aliphatic rings. The quantitative estimate of drug-likeness (QED) is 0.0514. The molecule has 23 heteroatoms. The molecule has 20 rings (SSSR count). The average Bonchev–Trinajstić information content (AvgIpc) is 0.773. The van der Waals surface area contributed by atoms with Crippen molar-refractivity contribution in [2.24, 2.45) is 0 Å². The summed E-state index contributed by atoms with van der Waals surface area (Å²) in [6.45, 7) is 15.0. The van der Waals surface area contributed by atoms with Crippen molar-refractivity contribution in [2.75, 3.05) is 162 Å². The van der Waals surface area contributed by atoms with Gasteiger partial charge in [0.15, 0.2) is 17.3 Å². The minimum atomic E-state index is -0.370. The molecule has 0 aromatic heterocycles. The minimum Gasteiger partial charge on any atom is -0.385 e. The Bertz CT molecular complexity index is 4880. The third-order valence-electron chi connectivity index (χ3n) is 25.6. The van der Waals surface area contributed by atoms with Gasteiger partial charge in [0, 0.05) is 225 Å². The number of nitrogens with zero attached hydrogens (tertiary/aromatic N) is 9. The summed E-state index contributed by atoms with van der Waals surface area (Å²) in [5, 5.41) is 2.99. The second kappa shape index (κ2) is 44.4. The Morgan fingerprint density at radius 3 is 1.06 bits per heavy atom. The Morgan fingerprint density at radius 2 is 0.645 bits per heavy atom. The fourth-order valence-corrected chi connectivity index (χ4v) is 20.0. The highest BCUT2D eigenvalue weighted by atomic mass is 35.5. The van der Waals surface area contributed by atoms with Crippen molar-refractivity contribution in [3.63, 3.8) is 0 Å². The minimum absolute atomic E-state index is 0.100. The van der Waals surface area contributed by atoms with E-state index < -0.39 is 0 Å². The van der Waals surface area contributed by atoms with E-state index in [1.807, 2.05) is 54.8 Å². The SMILES string of the molecule is O=C(CCCl)N1CCCc2ccccc21.O=C(CCCl)c1cc2c3c(c1)CCC(=O)N3CCC2.O=C(CCN1CCN(c2ccccc2)CC1)c1cc2c3c(c1)CCC(=O)N3CCC2.O=C(CCN1CCN(c2ccccc2)CC1)c1cc2c3c(c1)CCC(=O)N3CCC2.O=C(Cl)CCCl.O=C1CCc2cccc3c2N1CCC3.c1ccc2c(c1)CCCN2. The number of benzene rings is 8. The summed E-state index contributed by atoms with van der Waals surface area (Å²) in [6, 6.07) is 56.3. The van der Waals surface area contributed by atoms with Crippen molar-refractivity contribution < 1.29 is 43.2 Å². The van der Waals surface area contributed by atoms with Crippen molar-refractivity contribution in [3.8, 4) is 0 Å². The summed E-state index contributed by atoms with van der Waals surface area (Å²) in [6.07, 6.45) is 20.5. The third-order valence-corrected chi connectivity index (χ3v) is 26.3. The third kappa shape index (κ3) is 22.9. The second-order valence-corrected chi connectivity index (χ2v) is 35.2. The first-order valence-electron chi connectivity index (χ1n) is 45.0. The van der Waals surface area contributed by atoms with Gasteiger partial charge in [0.25, 0.3) is 0 Å². The number of Topliss-reactive ketones (excluding diaryl/α,β-unsaturated/α-hetero) is 3. The molecule has 2 fully saturated rings. The van der Waals surface area contributed by atoms with Gasteiger partial charge in [-0.2, -0.15) is 0 Å². The van der Waals surface area contributed by atoms with E-state index >= 15 is 0 Å². The number of para-hydroxylation sites is 5. The highest BCUT2D eigenvalue weighted by molar-refractivity contribution is 6.63. The Labute approximate surface area is 750 Å². The first-order valence-corrected chi connectivity index (χ1v) is 47.0. The lowest BCUT2D eigenvalue weighted by atomic mass is 9.88. The van der Waals surface area contributed by atoms with Crippen LogP contribution in [0, 0.1) is 0 Å². The molecular formula is C101H116Cl4N10O9. The maximum atomic E-state index is 13.0. The Balaban J connectivity index is 0.000000124. The fraction of sp³-hybridized carbons (Fsp3) is 0.436. The molecule has 0 spiro atoms. The van der Waals surface area contributed by atoms with Gasteiger partial charge in [0.2, 0.25) is 34.8 Å². The number of hydrogen-bond donors (Lipinski definition) is 1. The maximum Gasteiger partial charge on any atom is 0.228 e. The van der Waals surface area contributed by atoms with E-state index in [0.717, 1.165) is 245 Å². The van der Waals surface area contributed by atoms with E-state index in [0.29, 0.717) is 74.9 Å². The number of nitrogens with one attached hydrogen (secondary N) is 1. The Hall–Kier alpha value is -9.73. The summed E-state index contributed by atoms with van der Waals surface area (Å²) < 4.78 is 0. The van der Waals surface area contributed by atoms with E-state index in [1.54, 1.807) is 0 Å².